The van der Waals surface area contributed by atoms with E-state index >= 15 is 0 Å². The van der Waals surface area contributed by atoms with Gasteiger partial charge < -0.3 is 19.1 Å². The predicted molar refractivity (Wildman–Crippen MR) is 122 cm³/mol. The van der Waals surface area contributed by atoms with Crippen molar-refractivity contribution in [1.29, 1.82) is 0 Å². The number of esters is 1. The molecule has 2 aromatic rings. The lowest BCUT2D eigenvalue weighted by Crippen LogP contribution is -2.34. The van der Waals surface area contributed by atoms with E-state index in [1.54, 1.807) is 13.1 Å². The predicted octanol–water partition coefficient (Wildman–Crippen LogP) is 4.12. The van der Waals surface area contributed by atoms with Gasteiger partial charge in [0, 0.05) is 44.8 Å². The molecule has 6 nitrogen and oxygen atoms in total. The molecule has 0 amide bonds. The van der Waals surface area contributed by atoms with Crippen molar-refractivity contribution in [1.82, 2.24) is 4.57 Å². The number of ether oxygens (including phenoxy) is 1. The van der Waals surface area contributed by atoms with Crippen molar-refractivity contribution >= 4 is 28.2 Å². The number of rotatable bonds is 5. The van der Waals surface area contributed by atoms with E-state index in [0.717, 1.165) is 48.6 Å². The molecule has 6 heteroatoms. The Kier molecular flexibility index (Phi) is 5.51. The number of pyridine rings is 1. The molecule has 0 N–H and O–H groups in total. The summed E-state index contributed by atoms with van der Waals surface area (Å²) in [6.45, 7) is 8.53. The zero-order valence-corrected chi connectivity index (χ0v) is 18.8. The van der Waals surface area contributed by atoms with Crippen molar-refractivity contribution in [2.24, 2.45) is 5.92 Å². The Morgan fingerprint density at radius 2 is 1.87 bits per heavy atom. The van der Waals surface area contributed by atoms with Gasteiger partial charge in [-0.2, -0.15) is 0 Å². The van der Waals surface area contributed by atoms with Crippen LogP contribution in [0.3, 0.4) is 0 Å². The summed E-state index contributed by atoms with van der Waals surface area (Å²) < 4.78 is 7.34. The van der Waals surface area contributed by atoms with Gasteiger partial charge in [-0.15, -0.1) is 0 Å². The average molecular weight is 412 g/mol. The van der Waals surface area contributed by atoms with Crippen LogP contribution in [-0.2, 0) is 4.74 Å². The largest absolute Gasteiger partial charge is 0.462 e. The molecule has 1 aliphatic heterocycles. The third-order valence-electron chi connectivity index (χ3n) is 6.52. The quantitative estimate of drug-likeness (QED) is 0.693. The molecule has 1 saturated heterocycles. The second-order valence-electron chi connectivity index (χ2n) is 9.06. The van der Waals surface area contributed by atoms with Crippen molar-refractivity contribution in [3.63, 3.8) is 0 Å². The van der Waals surface area contributed by atoms with Crippen LogP contribution in [0.4, 0.5) is 11.4 Å². The van der Waals surface area contributed by atoms with E-state index in [1.807, 2.05) is 20.2 Å². The number of aromatic nitrogens is 1. The van der Waals surface area contributed by atoms with E-state index in [4.69, 9.17) is 4.74 Å². The highest BCUT2D eigenvalue weighted by Crippen LogP contribution is 2.43. The number of aryl methyl sites for hydroxylation is 1. The Hall–Kier alpha value is -2.50. The minimum atomic E-state index is -0.531. The second kappa shape index (κ2) is 7.97. The maximum absolute atomic E-state index is 13.4. The number of piperidine rings is 1. The van der Waals surface area contributed by atoms with E-state index in [1.165, 1.54) is 18.5 Å². The molecule has 162 valence electrons. The van der Waals surface area contributed by atoms with Gasteiger partial charge in [-0.1, -0.05) is 6.92 Å². The number of carbonyl (C=O) groups is 1. The molecule has 0 bridgehead atoms. The van der Waals surface area contributed by atoms with Crippen molar-refractivity contribution in [3.8, 4) is 0 Å². The monoisotopic (exact) mass is 411 g/mol. The lowest BCUT2D eigenvalue weighted by atomic mass is 9.96. The summed E-state index contributed by atoms with van der Waals surface area (Å²) in [5, 5.41) is 0.614. The third-order valence-corrected chi connectivity index (χ3v) is 6.52. The van der Waals surface area contributed by atoms with Crippen LogP contribution < -0.4 is 15.2 Å². The van der Waals surface area contributed by atoms with Gasteiger partial charge in [-0.25, -0.2) is 4.79 Å². The van der Waals surface area contributed by atoms with Crippen LogP contribution >= 0.6 is 0 Å². The lowest BCUT2D eigenvalue weighted by molar-refractivity contribution is 0.0524. The fourth-order valence-electron chi connectivity index (χ4n) is 4.66. The Bertz CT molecular complexity index is 1030. The van der Waals surface area contributed by atoms with Gasteiger partial charge in [0.15, 0.2) is 0 Å². The maximum atomic E-state index is 13.4. The highest BCUT2D eigenvalue weighted by molar-refractivity contribution is 5.99. The zero-order chi connectivity index (χ0) is 21.6. The van der Waals surface area contributed by atoms with Gasteiger partial charge in [-0.3, -0.25) is 4.79 Å². The summed E-state index contributed by atoms with van der Waals surface area (Å²) >= 11 is 0. The van der Waals surface area contributed by atoms with Gasteiger partial charge in [0.2, 0.25) is 5.43 Å². The van der Waals surface area contributed by atoms with Gasteiger partial charge in [0.1, 0.15) is 5.56 Å². The Morgan fingerprint density at radius 3 is 2.43 bits per heavy atom. The van der Waals surface area contributed by atoms with Gasteiger partial charge >= 0.3 is 5.97 Å². The first-order chi connectivity index (χ1) is 14.3. The highest BCUT2D eigenvalue weighted by Gasteiger charge is 2.30. The fourth-order valence-corrected chi connectivity index (χ4v) is 4.66. The molecule has 2 heterocycles. The first kappa shape index (κ1) is 20.8. The van der Waals surface area contributed by atoms with Gasteiger partial charge in [-0.05, 0) is 57.1 Å². The molecule has 0 radical (unpaired) electrons. The van der Waals surface area contributed by atoms with Crippen molar-refractivity contribution in [2.45, 2.75) is 52.5 Å². The van der Waals surface area contributed by atoms with Crippen LogP contribution in [0, 0.1) is 12.8 Å². The van der Waals surface area contributed by atoms with Crippen molar-refractivity contribution < 1.29 is 9.53 Å². The van der Waals surface area contributed by atoms with Crippen LogP contribution in [0.2, 0.25) is 0 Å². The molecule has 1 saturated carbocycles. The summed E-state index contributed by atoms with van der Waals surface area (Å²) in [4.78, 5) is 30.4. The normalized spacial score (nSPS) is 17.4. The Balaban J connectivity index is 1.98. The summed E-state index contributed by atoms with van der Waals surface area (Å²) in [5.74, 6) is 0.221. The number of hydrogen-bond acceptors (Lipinski definition) is 5. The number of fused-ring (bicyclic) bond motifs is 1. The average Bonchev–Trinajstić information content (AvgIpc) is 3.54. The SMILES string of the molecule is CCOC(=O)c1cn(C2CC2)c2c(C)c(N3CCC(C)CC3)c(N(C)C)cc2c1=O. The summed E-state index contributed by atoms with van der Waals surface area (Å²) in [5.41, 5.74) is 4.26. The Labute approximate surface area is 178 Å². The third kappa shape index (κ3) is 3.57. The Morgan fingerprint density at radius 1 is 1.20 bits per heavy atom. The molecule has 0 atom stereocenters. The maximum Gasteiger partial charge on any atom is 0.343 e. The molecule has 1 aromatic heterocycles. The van der Waals surface area contributed by atoms with E-state index in [-0.39, 0.29) is 17.6 Å². The first-order valence-corrected chi connectivity index (χ1v) is 11.1. The zero-order valence-electron chi connectivity index (χ0n) is 18.8. The molecule has 0 unspecified atom stereocenters. The fraction of sp³-hybridized carbons (Fsp3) is 0.583. The second-order valence-corrected chi connectivity index (χ2v) is 9.06. The number of carbonyl (C=O) groups excluding carboxylic acids is 1. The van der Waals surface area contributed by atoms with E-state index < -0.39 is 5.97 Å². The molecule has 1 aliphatic carbocycles. The van der Waals surface area contributed by atoms with Crippen LogP contribution in [0.25, 0.3) is 10.9 Å². The van der Waals surface area contributed by atoms with Crippen LogP contribution in [0.5, 0.6) is 0 Å². The summed E-state index contributed by atoms with van der Waals surface area (Å²) in [6.07, 6.45) is 6.26. The number of benzene rings is 1. The van der Waals surface area contributed by atoms with Crippen molar-refractivity contribution in [3.05, 3.63) is 33.6 Å². The first-order valence-electron chi connectivity index (χ1n) is 11.1. The highest BCUT2D eigenvalue weighted by atomic mass is 16.5. The van der Waals surface area contributed by atoms with E-state index in [9.17, 15) is 9.59 Å². The number of hydrogen-bond donors (Lipinski definition) is 0. The van der Waals surface area contributed by atoms with Gasteiger partial charge in [0.05, 0.1) is 23.5 Å². The van der Waals surface area contributed by atoms with E-state index in [0.29, 0.717) is 11.4 Å². The number of anilines is 2. The molecular formula is C24H33N3O3. The molecule has 2 fully saturated rings. The minimum Gasteiger partial charge on any atom is -0.462 e. The summed E-state index contributed by atoms with van der Waals surface area (Å²) in [6, 6.07) is 2.33. The molecule has 4 rings (SSSR count). The van der Waals surface area contributed by atoms with Crippen LogP contribution in [0.15, 0.2) is 17.1 Å². The van der Waals surface area contributed by atoms with Crippen molar-refractivity contribution in [2.75, 3.05) is 43.6 Å². The van der Waals surface area contributed by atoms with Gasteiger partial charge in [0.25, 0.3) is 0 Å². The molecular weight excluding hydrogens is 378 g/mol. The lowest BCUT2D eigenvalue weighted by Gasteiger charge is -2.36. The molecule has 30 heavy (non-hydrogen) atoms. The molecule has 2 aliphatic rings. The summed E-state index contributed by atoms with van der Waals surface area (Å²) in [7, 11) is 4.04. The minimum absolute atomic E-state index is 0.139. The number of nitrogens with zero attached hydrogens (tertiary/aromatic N) is 3. The van der Waals surface area contributed by atoms with Crippen LogP contribution in [-0.4, -0.2) is 44.3 Å². The standard InChI is InChI=1S/C24H33N3O3/c1-6-30-24(29)19-14-27(17-7-8-17)21-16(3)22(26-11-9-15(2)10-12-26)20(25(4)5)13-18(21)23(19)28/h13-15,17H,6-12H2,1-5H3. The smallest absolute Gasteiger partial charge is 0.343 e. The topological polar surface area (TPSA) is 54.8 Å². The van der Waals surface area contributed by atoms with Crippen LogP contribution in [0.1, 0.15) is 61.5 Å². The molecule has 1 aromatic carbocycles. The van der Waals surface area contributed by atoms with E-state index in [2.05, 4.69) is 28.2 Å². The molecule has 0 spiro atoms.